The van der Waals surface area contributed by atoms with E-state index in [1.807, 2.05) is 0 Å². The van der Waals surface area contributed by atoms with Crippen LogP contribution in [-0.2, 0) is 12.4 Å². The number of rotatable bonds is 0. The number of nitrogens with zero attached hydrogens (tertiary/aromatic N) is 4. The lowest BCUT2D eigenvalue weighted by atomic mass is 10.3. The molecule has 14 heteroatoms. The highest BCUT2D eigenvalue weighted by atomic mass is 35.5. The Labute approximate surface area is 139 Å². The maximum absolute atomic E-state index is 12.0. The van der Waals surface area contributed by atoms with E-state index in [-0.39, 0.29) is 11.2 Å². The summed E-state index contributed by atoms with van der Waals surface area (Å²) in [4.78, 5) is 12.6. The Kier molecular flexibility index (Phi) is 6.00. The second-order valence-electron chi connectivity index (χ2n) is 3.87. The number of hydrogen-bond donors (Lipinski definition) is 2. The van der Waals surface area contributed by atoms with E-state index in [1.165, 1.54) is 0 Å². The Hall–Kier alpha value is -2.08. The molecule has 0 bridgehead atoms. The minimum absolute atomic E-state index is 0.284. The van der Waals surface area contributed by atoms with Gasteiger partial charge in [0.25, 0.3) is 0 Å². The number of aromatic nitrogens is 4. The minimum atomic E-state index is -4.54. The first-order valence-electron chi connectivity index (χ1n) is 5.52. The quantitative estimate of drug-likeness (QED) is 0.402. The molecule has 0 aliphatic rings. The van der Waals surface area contributed by atoms with Crippen LogP contribution in [0.25, 0.3) is 0 Å². The van der Waals surface area contributed by atoms with Crippen LogP contribution in [0.15, 0.2) is 12.4 Å². The van der Waals surface area contributed by atoms with E-state index in [2.05, 4.69) is 19.9 Å². The zero-order valence-electron chi connectivity index (χ0n) is 11.1. The number of hydrogen-bond acceptors (Lipinski definition) is 6. The lowest BCUT2D eigenvalue weighted by Crippen LogP contribution is -2.11. The summed E-state index contributed by atoms with van der Waals surface area (Å²) in [6.45, 7) is 0. The normalized spacial score (nSPS) is 11.7. The van der Waals surface area contributed by atoms with Crippen LogP contribution in [0.2, 0.25) is 10.4 Å². The average Bonchev–Trinajstić information content (AvgIpc) is 2.35. The molecule has 0 unspecified atom stereocenters. The van der Waals surface area contributed by atoms with Gasteiger partial charge in [0.15, 0.2) is 0 Å². The van der Waals surface area contributed by atoms with Crippen LogP contribution in [0.4, 0.5) is 38.1 Å². The number of nitrogen functional groups attached to an aromatic ring is 2. The zero-order chi connectivity index (χ0) is 18.7. The van der Waals surface area contributed by atoms with Crippen LogP contribution in [0, 0.1) is 0 Å². The molecular formula is C10H6Cl2F6N6. The fourth-order valence-electron chi connectivity index (χ4n) is 1.15. The molecule has 4 N–H and O–H groups in total. The minimum Gasteiger partial charge on any atom is -0.383 e. The van der Waals surface area contributed by atoms with Gasteiger partial charge in [0, 0.05) is 12.4 Å². The molecule has 24 heavy (non-hydrogen) atoms. The summed E-state index contributed by atoms with van der Waals surface area (Å²) in [5, 5.41) is -0.990. The van der Waals surface area contributed by atoms with Crippen molar-refractivity contribution in [2.75, 3.05) is 11.5 Å². The van der Waals surface area contributed by atoms with Gasteiger partial charge in [0.2, 0.25) is 11.2 Å². The lowest BCUT2D eigenvalue weighted by Gasteiger charge is -2.07. The van der Waals surface area contributed by atoms with Crippen LogP contribution < -0.4 is 11.5 Å². The summed E-state index contributed by atoms with van der Waals surface area (Å²) < 4.78 is 71.9. The molecule has 0 amide bonds. The molecule has 2 heterocycles. The van der Waals surface area contributed by atoms with Gasteiger partial charge in [0.1, 0.15) is 22.1 Å². The third kappa shape index (κ3) is 5.53. The fraction of sp³-hybridized carbons (Fsp3) is 0.200. The average molecular weight is 395 g/mol. The Bertz CT molecular complexity index is 658. The first-order valence-corrected chi connectivity index (χ1v) is 6.28. The van der Waals surface area contributed by atoms with Gasteiger partial charge in [-0.1, -0.05) is 11.6 Å². The van der Waals surface area contributed by atoms with Crippen molar-refractivity contribution in [3.05, 3.63) is 34.0 Å². The second kappa shape index (κ2) is 7.21. The van der Waals surface area contributed by atoms with Gasteiger partial charge < -0.3 is 11.5 Å². The fourth-order valence-corrected chi connectivity index (χ4v) is 1.54. The number of anilines is 2. The molecular weight excluding hydrogens is 389 g/mol. The molecule has 2 aromatic rings. The molecule has 0 radical (unpaired) electrons. The van der Waals surface area contributed by atoms with Gasteiger partial charge in [-0.2, -0.15) is 26.3 Å². The Balaban J connectivity index is 0.000000240. The maximum atomic E-state index is 12.0. The van der Waals surface area contributed by atoms with E-state index in [4.69, 9.17) is 34.7 Å². The first-order chi connectivity index (χ1) is 10.8. The summed E-state index contributed by atoms with van der Waals surface area (Å²) in [6.07, 6.45) is -7.98. The summed E-state index contributed by atoms with van der Waals surface area (Å²) >= 11 is 10.4. The predicted octanol–water partition coefficient (Wildman–Crippen LogP) is 3.46. The third-order valence-corrected chi connectivity index (χ3v) is 2.63. The molecule has 0 aromatic carbocycles. The van der Waals surface area contributed by atoms with Gasteiger partial charge in [-0.15, -0.1) is 0 Å². The molecule has 0 aliphatic carbocycles. The standard InChI is InChI=1S/2C5H3ClF3N3/c6-4-11-1-2(3(10)12-4)5(7,8)9;6-3-2(5(7,8)9)1-11-4(10)12-3/h2*1H,(H2,10,11,12). The molecule has 132 valence electrons. The number of alkyl halides is 6. The topological polar surface area (TPSA) is 104 Å². The van der Waals surface area contributed by atoms with Crippen molar-refractivity contribution in [3.8, 4) is 0 Å². The van der Waals surface area contributed by atoms with E-state index in [9.17, 15) is 26.3 Å². The van der Waals surface area contributed by atoms with Gasteiger partial charge >= 0.3 is 12.4 Å². The molecule has 6 nitrogen and oxygen atoms in total. The third-order valence-electron chi connectivity index (χ3n) is 2.16. The Morgan fingerprint density at radius 2 is 1.29 bits per heavy atom. The highest BCUT2D eigenvalue weighted by Crippen LogP contribution is 2.33. The zero-order valence-corrected chi connectivity index (χ0v) is 12.6. The van der Waals surface area contributed by atoms with E-state index in [0.717, 1.165) is 0 Å². The van der Waals surface area contributed by atoms with Gasteiger partial charge in [-0.05, 0) is 11.6 Å². The summed E-state index contributed by atoms with van der Waals surface area (Å²) in [6, 6.07) is 0. The van der Waals surface area contributed by atoms with Crippen molar-refractivity contribution >= 4 is 35.0 Å². The summed E-state index contributed by atoms with van der Waals surface area (Å²) in [7, 11) is 0. The molecule has 0 aliphatic heterocycles. The van der Waals surface area contributed by atoms with Crippen LogP contribution in [0.1, 0.15) is 11.1 Å². The van der Waals surface area contributed by atoms with E-state index in [1.54, 1.807) is 0 Å². The smallest absolute Gasteiger partial charge is 0.383 e. The van der Waals surface area contributed by atoms with Gasteiger partial charge in [-0.3, -0.25) is 0 Å². The van der Waals surface area contributed by atoms with Crippen molar-refractivity contribution in [2.24, 2.45) is 0 Å². The van der Waals surface area contributed by atoms with E-state index >= 15 is 0 Å². The Morgan fingerprint density at radius 3 is 1.71 bits per heavy atom. The van der Waals surface area contributed by atoms with Crippen LogP contribution in [-0.4, -0.2) is 19.9 Å². The van der Waals surface area contributed by atoms with Crippen molar-refractivity contribution in [3.63, 3.8) is 0 Å². The molecule has 2 rings (SSSR count). The predicted molar refractivity (Wildman–Crippen MR) is 72.9 cm³/mol. The molecule has 0 atom stereocenters. The van der Waals surface area contributed by atoms with Crippen LogP contribution in [0.3, 0.4) is 0 Å². The maximum Gasteiger partial charge on any atom is 0.421 e. The lowest BCUT2D eigenvalue weighted by molar-refractivity contribution is -0.138. The van der Waals surface area contributed by atoms with Gasteiger partial charge in [0.05, 0.1) is 0 Å². The number of nitrogens with two attached hydrogens (primary N) is 2. The van der Waals surface area contributed by atoms with Crippen LogP contribution in [0.5, 0.6) is 0 Å². The molecule has 0 saturated carbocycles. The van der Waals surface area contributed by atoms with Crippen molar-refractivity contribution in [1.82, 2.24) is 19.9 Å². The molecule has 0 saturated heterocycles. The van der Waals surface area contributed by atoms with Crippen molar-refractivity contribution in [1.29, 1.82) is 0 Å². The highest BCUT2D eigenvalue weighted by molar-refractivity contribution is 6.30. The SMILES string of the molecule is Nc1nc(Cl)ncc1C(F)(F)F.Nc1ncc(C(F)(F)F)c(Cl)n1. The molecule has 0 spiro atoms. The monoisotopic (exact) mass is 394 g/mol. The largest absolute Gasteiger partial charge is 0.421 e. The van der Waals surface area contributed by atoms with E-state index in [0.29, 0.717) is 12.4 Å². The van der Waals surface area contributed by atoms with Crippen LogP contribution >= 0.6 is 23.2 Å². The first kappa shape index (κ1) is 20.0. The second-order valence-corrected chi connectivity index (χ2v) is 4.56. The molecule has 2 aromatic heterocycles. The molecule has 0 fully saturated rings. The number of halogens is 8. The summed E-state index contributed by atoms with van der Waals surface area (Å²) in [5.74, 6) is -0.949. The van der Waals surface area contributed by atoms with E-state index < -0.39 is 34.5 Å². The van der Waals surface area contributed by atoms with Crippen molar-refractivity contribution in [2.45, 2.75) is 12.4 Å². The highest BCUT2D eigenvalue weighted by Gasteiger charge is 2.35. The van der Waals surface area contributed by atoms with Gasteiger partial charge in [-0.25, -0.2) is 19.9 Å². The van der Waals surface area contributed by atoms with Crippen molar-refractivity contribution < 1.29 is 26.3 Å². The Morgan fingerprint density at radius 1 is 0.792 bits per heavy atom. The summed E-state index contributed by atoms with van der Waals surface area (Å²) in [5.41, 5.74) is 7.79.